The molecule has 1 rings (SSSR count). The molecule has 0 bridgehead atoms. The van der Waals surface area contributed by atoms with Gasteiger partial charge in [0.15, 0.2) is 0 Å². The zero-order valence-electron chi connectivity index (χ0n) is 7.82. The molecule has 3 nitrogen and oxygen atoms in total. The average Bonchev–Trinajstić information content (AvgIpc) is 2.17. The fourth-order valence-corrected chi connectivity index (χ4v) is 1.14. The number of nitrogens with zero attached hydrogens (tertiary/aromatic N) is 2. The van der Waals surface area contributed by atoms with Gasteiger partial charge in [0, 0.05) is 12.3 Å². The topological polar surface area (TPSA) is 37.8 Å². The van der Waals surface area contributed by atoms with Crippen molar-refractivity contribution in [2.24, 2.45) is 0 Å². The summed E-state index contributed by atoms with van der Waals surface area (Å²) in [4.78, 5) is 0. The predicted molar refractivity (Wildman–Crippen MR) is 58.4 cm³/mol. The first-order valence-electron chi connectivity index (χ1n) is 4.54. The van der Waals surface area contributed by atoms with Gasteiger partial charge in [0.05, 0.1) is 5.69 Å². The fraction of sp³-hybridized carbons (Fsp3) is 0.556. The second-order valence-corrected chi connectivity index (χ2v) is 3.26. The predicted octanol–water partition coefficient (Wildman–Crippen LogP) is 1.77. The van der Waals surface area contributed by atoms with Gasteiger partial charge in [-0.25, -0.2) is 0 Å². The summed E-state index contributed by atoms with van der Waals surface area (Å²) in [5.74, 6) is 1.63. The van der Waals surface area contributed by atoms with Crippen LogP contribution in [0.25, 0.3) is 0 Å². The number of aromatic nitrogens is 2. The minimum atomic E-state index is 0.804. The minimum Gasteiger partial charge on any atom is -0.368 e. The summed E-state index contributed by atoms with van der Waals surface area (Å²) >= 11 is 4.09. The van der Waals surface area contributed by atoms with Crippen molar-refractivity contribution in [1.29, 1.82) is 0 Å². The van der Waals surface area contributed by atoms with Gasteiger partial charge >= 0.3 is 0 Å². The van der Waals surface area contributed by atoms with Crippen molar-refractivity contribution in [1.82, 2.24) is 10.2 Å². The highest BCUT2D eigenvalue weighted by molar-refractivity contribution is 7.80. The molecule has 0 aliphatic carbocycles. The average molecular weight is 197 g/mol. The smallest absolute Gasteiger partial charge is 0.148 e. The lowest BCUT2D eigenvalue weighted by atomic mass is 10.2. The van der Waals surface area contributed by atoms with E-state index in [0.29, 0.717) is 0 Å². The van der Waals surface area contributed by atoms with E-state index in [1.807, 2.05) is 12.1 Å². The second kappa shape index (κ2) is 5.80. The van der Waals surface area contributed by atoms with E-state index in [0.717, 1.165) is 36.7 Å². The molecule has 13 heavy (non-hydrogen) atoms. The van der Waals surface area contributed by atoms with Gasteiger partial charge in [-0.3, -0.25) is 0 Å². The number of hydrogen-bond donors (Lipinski definition) is 2. The Morgan fingerprint density at radius 2 is 2.23 bits per heavy atom. The van der Waals surface area contributed by atoms with Gasteiger partial charge < -0.3 is 5.32 Å². The third-order valence-corrected chi connectivity index (χ3v) is 1.87. The van der Waals surface area contributed by atoms with Crippen molar-refractivity contribution in [3.63, 3.8) is 0 Å². The SMILES string of the molecule is CCCc1ccc(NCCS)nn1. The van der Waals surface area contributed by atoms with Crippen molar-refractivity contribution in [3.8, 4) is 0 Å². The first-order valence-corrected chi connectivity index (χ1v) is 5.17. The van der Waals surface area contributed by atoms with Gasteiger partial charge in [0.25, 0.3) is 0 Å². The van der Waals surface area contributed by atoms with Gasteiger partial charge in [0.1, 0.15) is 5.82 Å². The van der Waals surface area contributed by atoms with Crippen LogP contribution in [0.1, 0.15) is 19.0 Å². The molecule has 0 aliphatic rings. The largest absolute Gasteiger partial charge is 0.368 e. The van der Waals surface area contributed by atoms with E-state index < -0.39 is 0 Å². The lowest BCUT2D eigenvalue weighted by molar-refractivity contribution is 0.839. The maximum absolute atomic E-state index is 4.09. The quantitative estimate of drug-likeness (QED) is 0.706. The molecule has 0 saturated heterocycles. The maximum Gasteiger partial charge on any atom is 0.148 e. The molecule has 1 heterocycles. The number of anilines is 1. The van der Waals surface area contributed by atoms with Crippen molar-refractivity contribution >= 4 is 18.4 Å². The molecule has 72 valence electrons. The fourth-order valence-electron chi connectivity index (χ4n) is 1.03. The van der Waals surface area contributed by atoms with Crippen LogP contribution in [-0.4, -0.2) is 22.5 Å². The summed E-state index contributed by atoms with van der Waals surface area (Å²) in [5, 5.41) is 11.2. The monoisotopic (exact) mass is 197 g/mol. The van der Waals surface area contributed by atoms with Crippen molar-refractivity contribution < 1.29 is 0 Å². The Kier molecular flexibility index (Phi) is 4.60. The minimum absolute atomic E-state index is 0.804. The molecular formula is C9H15N3S. The Balaban J connectivity index is 2.48. The van der Waals surface area contributed by atoms with Crippen LogP contribution in [0.4, 0.5) is 5.82 Å². The second-order valence-electron chi connectivity index (χ2n) is 2.81. The lowest BCUT2D eigenvalue weighted by Crippen LogP contribution is -2.05. The molecule has 0 spiro atoms. The molecule has 1 aromatic rings. The Bertz CT molecular complexity index is 235. The van der Waals surface area contributed by atoms with Crippen LogP contribution in [0.5, 0.6) is 0 Å². The number of aryl methyl sites for hydroxylation is 1. The van der Waals surface area contributed by atoms with Crippen molar-refractivity contribution in [3.05, 3.63) is 17.8 Å². The Hall–Kier alpha value is -0.770. The summed E-state index contributed by atoms with van der Waals surface area (Å²) in [7, 11) is 0. The zero-order chi connectivity index (χ0) is 9.52. The zero-order valence-corrected chi connectivity index (χ0v) is 8.72. The molecule has 0 unspecified atom stereocenters. The molecule has 0 amide bonds. The molecule has 4 heteroatoms. The first-order chi connectivity index (χ1) is 6.36. The highest BCUT2D eigenvalue weighted by Crippen LogP contribution is 2.03. The van der Waals surface area contributed by atoms with Crippen LogP contribution in [0.3, 0.4) is 0 Å². The van der Waals surface area contributed by atoms with Crippen LogP contribution in [-0.2, 0) is 6.42 Å². The summed E-state index contributed by atoms with van der Waals surface area (Å²) in [6.45, 7) is 2.96. The van der Waals surface area contributed by atoms with Gasteiger partial charge in [-0.05, 0) is 18.6 Å². The van der Waals surface area contributed by atoms with Crippen LogP contribution in [0, 0.1) is 0 Å². The number of thiol groups is 1. The van der Waals surface area contributed by atoms with E-state index in [1.54, 1.807) is 0 Å². The van der Waals surface area contributed by atoms with Gasteiger partial charge in [-0.2, -0.15) is 17.7 Å². The molecule has 0 saturated carbocycles. The van der Waals surface area contributed by atoms with E-state index in [2.05, 4.69) is 35.1 Å². The molecule has 0 radical (unpaired) electrons. The van der Waals surface area contributed by atoms with Gasteiger partial charge in [-0.15, -0.1) is 5.10 Å². The number of hydrogen-bond acceptors (Lipinski definition) is 4. The van der Waals surface area contributed by atoms with Crippen LogP contribution in [0.15, 0.2) is 12.1 Å². The molecule has 0 atom stereocenters. The highest BCUT2D eigenvalue weighted by Gasteiger charge is 1.95. The molecular weight excluding hydrogens is 182 g/mol. The molecule has 1 aromatic heterocycles. The van der Waals surface area contributed by atoms with Crippen LogP contribution >= 0.6 is 12.6 Å². The summed E-state index contributed by atoms with van der Waals surface area (Å²) in [6, 6.07) is 3.97. The van der Waals surface area contributed by atoms with Crippen molar-refractivity contribution in [2.45, 2.75) is 19.8 Å². The Morgan fingerprint density at radius 1 is 1.38 bits per heavy atom. The highest BCUT2D eigenvalue weighted by atomic mass is 32.1. The third-order valence-electron chi connectivity index (χ3n) is 1.64. The Labute approximate surface area is 84.4 Å². The molecule has 1 N–H and O–H groups in total. The van der Waals surface area contributed by atoms with E-state index >= 15 is 0 Å². The summed E-state index contributed by atoms with van der Waals surface area (Å²) in [6.07, 6.45) is 2.11. The number of rotatable bonds is 5. The van der Waals surface area contributed by atoms with E-state index in [1.165, 1.54) is 0 Å². The molecule has 0 aromatic carbocycles. The van der Waals surface area contributed by atoms with E-state index in [4.69, 9.17) is 0 Å². The maximum atomic E-state index is 4.09. The van der Waals surface area contributed by atoms with Gasteiger partial charge in [-0.1, -0.05) is 13.3 Å². The lowest BCUT2D eigenvalue weighted by Gasteiger charge is -2.02. The van der Waals surface area contributed by atoms with E-state index in [9.17, 15) is 0 Å². The summed E-state index contributed by atoms with van der Waals surface area (Å²) < 4.78 is 0. The standard InChI is InChI=1S/C9H15N3S/c1-2-3-8-4-5-9(12-11-8)10-6-7-13/h4-5,13H,2-3,6-7H2,1H3,(H,10,12). The Morgan fingerprint density at radius 3 is 2.77 bits per heavy atom. The normalized spacial score (nSPS) is 10.0. The van der Waals surface area contributed by atoms with Crippen molar-refractivity contribution in [2.75, 3.05) is 17.6 Å². The first kappa shape index (κ1) is 10.3. The third kappa shape index (κ3) is 3.63. The molecule has 0 aliphatic heterocycles. The van der Waals surface area contributed by atoms with Crippen LogP contribution < -0.4 is 5.32 Å². The summed E-state index contributed by atoms with van der Waals surface area (Å²) in [5.41, 5.74) is 1.05. The van der Waals surface area contributed by atoms with Crippen LogP contribution in [0.2, 0.25) is 0 Å². The molecule has 0 fully saturated rings. The van der Waals surface area contributed by atoms with Gasteiger partial charge in [0.2, 0.25) is 0 Å². The number of nitrogens with one attached hydrogen (secondary N) is 1. The van der Waals surface area contributed by atoms with E-state index in [-0.39, 0.29) is 0 Å².